The first-order valence-electron chi connectivity index (χ1n) is 9.92. The van der Waals surface area contributed by atoms with E-state index in [9.17, 15) is 13.2 Å². The molecule has 0 saturated carbocycles. The molecule has 2 aromatic carbocycles. The first-order valence-corrected chi connectivity index (χ1v) is 11.4. The van der Waals surface area contributed by atoms with Gasteiger partial charge in [0.25, 0.3) is 5.91 Å². The van der Waals surface area contributed by atoms with Gasteiger partial charge in [0.05, 0.1) is 4.90 Å². The number of benzene rings is 2. The minimum Gasteiger partial charge on any atom is -0.481 e. The average molecular weight is 417 g/mol. The molecular formula is C22H28N2O4S. The lowest BCUT2D eigenvalue weighted by atomic mass is 10.2. The van der Waals surface area contributed by atoms with Crippen LogP contribution in [0, 0.1) is 13.8 Å². The second-order valence-electron chi connectivity index (χ2n) is 7.50. The molecule has 0 aliphatic carbocycles. The molecule has 156 valence electrons. The van der Waals surface area contributed by atoms with E-state index in [2.05, 4.69) is 5.32 Å². The molecule has 2 aromatic rings. The molecule has 29 heavy (non-hydrogen) atoms. The van der Waals surface area contributed by atoms with Crippen LogP contribution in [-0.2, 0) is 14.8 Å². The summed E-state index contributed by atoms with van der Waals surface area (Å²) in [5.41, 5.74) is 2.38. The molecule has 0 unspecified atom stereocenters. The van der Waals surface area contributed by atoms with Gasteiger partial charge in [0.1, 0.15) is 5.75 Å². The number of ether oxygens (including phenoxy) is 1. The maximum Gasteiger partial charge on any atom is 0.265 e. The van der Waals surface area contributed by atoms with Crippen LogP contribution < -0.4 is 10.1 Å². The van der Waals surface area contributed by atoms with Gasteiger partial charge >= 0.3 is 0 Å². The number of sulfonamides is 1. The van der Waals surface area contributed by atoms with Gasteiger partial charge in [0, 0.05) is 18.8 Å². The van der Waals surface area contributed by atoms with Crippen LogP contribution in [0.1, 0.15) is 37.3 Å². The Morgan fingerprint density at radius 1 is 1.03 bits per heavy atom. The van der Waals surface area contributed by atoms with Gasteiger partial charge in [0.2, 0.25) is 10.0 Å². The maximum absolute atomic E-state index is 12.9. The lowest BCUT2D eigenvalue weighted by Gasteiger charge is -2.26. The van der Waals surface area contributed by atoms with Gasteiger partial charge in [-0.15, -0.1) is 0 Å². The van der Waals surface area contributed by atoms with Crippen LogP contribution in [0.25, 0.3) is 0 Å². The third kappa shape index (κ3) is 5.16. The van der Waals surface area contributed by atoms with Crippen LogP contribution in [-0.4, -0.2) is 37.8 Å². The molecule has 0 aromatic heterocycles. The summed E-state index contributed by atoms with van der Waals surface area (Å²) < 4.78 is 33.1. The Hall–Kier alpha value is -2.38. The predicted molar refractivity (Wildman–Crippen MR) is 114 cm³/mol. The molecule has 6 nitrogen and oxygen atoms in total. The zero-order chi connectivity index (χ0) is 21.0. The molecule has 1 saturated heterocycles. The van der Waals surface area contributed by atoms with Crippen molar-refractivity contribution >= 4 is 21.6 Å². The number of nitrogens with one attached hydrogen (secondary N) is 1. The molecule has 1 amide bonds. The summed E-state index contributed by atoms with van der Waals surface area (Å²) in [5.74, 6) is 0.276. The van der Waals surface area contributed by atoms with Crippen molar-refractivity contribution in [3.8, 4) is 5.75 Å². The van der Waals surface area contributed by atoms with Gasteiger partial charge in [-0.05, 0) is 63.4 Å². The predicted octanol–water partition coefficient (Wildman–Crippen LogP) is 3.88. The molecule has 1 heterocycles. The molecule has 0 spiro atoms. The van der Waals surface area contributed by atoms with Crippen molar-refractivity contribution < 1.29 is 17.9 Å². The molecule has 1 atom stereocenters. The minimum atomic E-state index is -3.56. The third-order valence-electron chi connectivity index (χ3n) is 5.12. The number of amides is 1. The maximum atomic E-state index is 12.9. The zero-order valence-electron chi connectivity index (χ0n) is 17.1. The number of carbonyl (C=O) groups is 1. The molecule has 0 bridgehead atoms. The van der Waals surface area contributed by atoms with Gasteiger partial charge in [-0.25, -0.2) is 8.42 Å². The number of nitrogens with zero attached hydrogens (tertiary/aromatic N) is 1. The highest BCUT2D eigenvalue weighted by molar-refractivity contribution is 7.89. The Bertz CT molecular complexity index is 965. The van der Waals surface area contributed by atoms with Crippen molar-refractivity contribution in [2.45, 2.75) is 51.0 Å². The minimum absolute atomic E-state index is 0.201. The molecular weight excluding hydrogens is 388 g/mol. The van der Waals surface area contributed by atoms with Crippen molar-refractivity contribution in [1.29, 1.82) is 0 Å². The van der Waals surface area contributed by atoms with Crippen LogP contribution >= 0.6 is 0 Å². The number of hydrogen-bond donors (Lipinski definition) is 1. The molecule has 1 N–H and O–H groups in total. The smallest absolute Gasteiger partial charge is 0.265 e. The highest BCUT2D eigenvalue weighted by Crippen LogP contribution is 2.25. The summed E-state index contributed by atoms with van der Waals surface area (Å²) in [6, 6.07) is 12.3. The van der Waals surface area contributed by atoms with Crippen molar-refractivity contribution in [1.82, 2.24) is 4.31 Å². The Morgan fingerprint density at radius 2 is 1.69 bits per heavy atom. The summed E-state index contributed by atoms with van der Waals surface area (Å²) in [6.07, 6.45) is 2.09. The van der Waals surface area contributed by atoms with Crippen LogP contribution in [0.15, 0.2) is 47.4 Å². The third-order valence-corrected chi connectivity index (χ3v) is 7.02. The highest BCUT2D eigenvalue weighted by atomic mass is 32.2. The number of carbonyl (C=O) groups excluding carboxylic acids is 1. The lowest BCUT2D eigenvalue weighted by Crippen LogP contribution is -2.35. The monoisotopic (exact) mass is 416 g/mol. The van der Waals surface area contributed by atoms with Gasteiger partial charge < -0.3 is 10.1 Å². The average Bonchev–Trinajstić information content (AvgIpc) is 2.71. The van der Waals surface area contributed by atoms with Crippen molar-refractivity contribution in [3.63, 3.8) is 0 Å². The van der Waals surface area contributed by atoms with E-state index in [1.807, 2.05) is 38.1 Å². The van der Waals surface area contributed by atoms with Gasteiger partial charge in [-0.3, -0.25) is 4.79 Å². The second kappa shape index (κ2) is 8.97. The zero-order valence-corrected chi connectivity index (χ0v) is 18.0. The van der Waals surface area contributed by atoms with Crippen LogP contribution in [0.5, 0.6) is 5.75 Å². The number of piperidine rings is 1. The number of aryl methyl sites for hydroxylation is 2. The quantitative estimate of drug-likeness (QED) is 0.775. The Morgan fingerprint density at radius 3 is 2.34 bits per heavy atom. The second-order valence-corrected chi connectivity index (χ2v) is 9.44. The Labute approximate surface area is 172 Å². The molecule has 1 aliphatic heterocycles. The molecule has 1 aliphatic rings. The summed E-state index contributed by atoms with van der Waals surface area (Å²) >= 11 is 0. The van der Waals surface area contributed by atoms with Crippen molar-refractivity contribution in [2.24, 2.45) is 0 Å². The first-order chi connectivity index (χ1) is 13.8. The highest BCUT2D eigenvalue weighted by Gasteiger charge is 2.26. The van der Waals surface area contributed by atoms with Crippen LogP contribution in [0.3, 0.4) is 0 Å². The first kappa shape index (κ1) is 21.3. The largest absolute Gasteiger partial charge is 0.481 e. The lowest BCUT2D eigenvalue weighted by molar-refractivity contribution is -0.122. The Kier molecular flexibility index (Phi) is 6.59. The molecule has 0 radical (unpaired) electrons. The van der Waals surface area contributed by atoms with E-state index in [1.165, 1.54) is 10.4 Å². The number of anilines is 1. The number of hydrogen-bond acceptors (Lipinski definition) is 4. The van der Waals surface area contributed by atoms with Gasteiger partial charge in [-0.2, -0.15) is 4.31 Å². The van der Waals surface area contributed by atoms with E-state index in [4.69, 9.17) is 4.74 Å². The van der Waals surface area contributed by atoms with E-state index >= 15 is 0 Å². The van der Waals surface area contributed by atoms with E-state index in [1.54, 1.807) is 19.1 Å². The fourth-order valence-electron chi connectivity index (χ4n) is 3.26. The molecule has 7 heteroatoms. The van der Waals surface area contributed by atoms with E-state index in [-0.39, 0.29) is 10.8 Å². The van der Waals surface area contributed by atoms with Gasteiger partial charge in [-0.1, -0.05) is 30.2 Å². The SMILES string of the molecule is Cc1ccc(O[C@@H](C)C(=O)Nc2cc(S(=O)(=O)N3CCCCC3)ccc2C)cc1. The van der Waals surface area contributed by atoms with Crippen LogP contribution in [0.2, 0.25) is 0 Å². The van der Waals surface area contributed by atoms with E-state index in [0.29, 0.717) is 24.5 Å². The standard InChI is InChI=1S/C22H28N2O4S/c1-16-7-10-19(11-8-16)28-18(3)22(25)23-21-15-20(12-9-17(21)2)29(26,27)24-13-5-4-6-14-24/h7-12,15,18H,4-6,13-14H2,1-3H3,(H,23,25)/t18-/m0/s1. The van der Waals surface area contributed by atoms with Crippen molar-refractivity contribution in [3.05, 3.63) is 53.6 Å². The topological polar surface area (TPSA) is 75.7 Å². The van der Waals surface area contributed by atoms with E-state index < -0.39 is 16.1 Å². The fourth-order valence-corrected chi connectivity index (χ4v) is 4.80. The van der Waals surface area contributed by atoms with Gasteiger partial charge in [0.15, 0.2) is 6.10 Å². The van der Waals surface area contributed by atoms with Crippen molar-refractivity contribution in [2.75, 3.05) is 18.4 Å². The summed E-state index contributed by atoms with van der Waals surface area (Å²) in [6.45, 7) is 6.56. The summed E-state index contributed by atoms with van der Waals surface area (Å²) in [5, 5.41) is 2.81. The molecule has 1 fully saturated rings. The number of rotatable bonds is 6. The fraction of sp³-hybridized carbons (Fsp3) is 0.409. The Balaban J connectivity index is 1.73. The van der Waals surface area contributed by atoms with Crippen LogP contribution in [0.4, 0.5) is 5.69 Å². The normalized spacial score (nSPS) is 16.2. The molecule has 3 rings (SSSR count). The summed E-state index contributed by atoms with van der Waals surface area (Å²) in [4.78, 5) is 12.8. The summed E-state index contributed by atoms with van der Waals surface area (Å²) in [7, 11) is -3.56. The van der Waals surface area contributed by atoms with E-state index in [0.717, 1.165) is 30.4 Å².